The molecule has 0 saturated carbocycles. The Bertz CT molecular complexity index is 380. The molecule has 0 amide bonds. The predicted molar refractivity (Wildman–Crippen MR) is 46.1 cm³/mol. The van der Waals surface area contributed by atoms with Crippen LogP contribution < -0.4 is 22.1 Å². The number of nitrogens with two attached hydrogens (primary N) is 3. The van der Waals surface area contributed by atoms with Crippen molar-refractivity contribution in [2.75, 3.05) is 0 Å². The number of guanidine groups is 1. The molecule has 0 aliphatic rings. The summed E-state index contributed by atoms with van der Waals surface area (Å²) in [5.41, 5.74) is 17.1. The lowest BCUT2D eigenvalue weighted by Crippen LogP contribution is -2.51. The van der Waals surface area contributed by atoms with Crippen LogP contribution in [0.5, 0.6) is 0 Å². The van der Waals surface area contributed by atoms with Crippen molar-refractivity contribution in [1.29, 1.82) is 0 Å². The van der Waals surface area contributed by atoms with Crippen molar-refractivity contribution in [3.8, 4) is 0 Å². The Hall–Kier alpha value is -2.88. The smallest absolute Gasteiger partial charge is 0.372 e. The maximum absolute atomic E-state index is 10.0. The molecule has 0 bridgehead atoms. The van der Waals surface area contributed by atoms with Crippen LogP contribution in [0.4, 0.5) is 11.6 Å². The van der Waals surface area contributed by atoms with E-state index in [-0.39, 0.29) is 5.96 Å². The highest BCUT2D eigenvalue weighted by Gasteiger charge is 2.10. The van der Waals surface area contributed by atoms with Gasteiger partial charge < -0.3 is 20.4 Å². The molecule has 0 aliphatic heterocycles. The zero-order chi connectivity index (χ0) is 11.8. The lowest BCUT2D eigenvalue weighted by molar-refractivity contribution is -0.388. The van der Waals surface area contributed by atoms with Crippen molar-refractivity contribution in [3.63, 3.8) is 0 Å². The Morgan fingerprint density at radius 3 is 2.60 bits per heavy atom. The van der Waals surface area contributed by atoms with Gasteiger partial charge in [0.05, 0.1) is 0 Å². The van der Waals surface area contributed by atoms with Gasteiger partial charge in [-0.2, -0.15) is 0 Å². The van der Waals surface area contributed by atoms with Crippen LogP contribution in [0.2, 0.25) is 0 Å². The first kappa shape index (κ1) is 12.1. The van der Waals surface area contributed by atoms with E-state index in [1.165, 1.54) is 0 Å². The van der Waals surface area contributed by atoms with Crippen LogP contribution in [0.15, 0.2) is 5.11 Å². The minimum absolute atomic E-state index is 0.0833. The molecule has 0 unspecified atom stereocenters. The molecule has 0 aliphatic carbocycles. The zero-order valence-electron chi connectivity index (χ0n) is 7.18. The lowest BCUT2D eigenvalue weighted by Gasteiger charge is -1.86. The van der Waals surface area contributed by atoms with Crippen molar-refractivity contribution < 1.29 is 10.3 Å². The van der Waals surface area contributed by atoms with Crippen LogP contribution in [-0.2, 0) is 0 Å². The highest BCUT2D eigenvalue weighted by molar-refractivity contribution is 5.68. The second-order valence-corrected chi connectivity index (χ2v) is 1.88. The Morgan fingerprint density at radius 1 is 1.67 bits per heavy atom. The maximum Gasteiger partial charge on any atom is 0.376 e. The summed E-state index contributed by atoms with van der Waals surface area (Å²) in [6, 6.07) is 0. The average Bonchev–Trinajstić information content (AvgIpc) is 2.51. The van der Waals surface area contributed by atoms with Gasteiger partial charge in [-0.25, -0.2) is 0 Å². The fraction of sp³-hybridized carbons (Fsp3) is 0. The summed E-state index contributed by atoms with van der Waals surface area (Å²) in [5.74, 6) is -1.14. The van der Waals surface area contributed by atoms with E-state index in [1.807, 2.05) is 0 Å². The number of aromatic nitrogens is 3. The molecular formula is C3H6N10O2. The van der Waals surface area contributed by atoms with Crippen LogP contribution in [0.3, 0.4) is 0 Å². The van der Waals surface area contributed by atoms with Crippen molar-refractivity contribution >= 4 is 17.6 Å². The first-order chi connectivity index (χ1) is 6.99. The van der Waals surface area contributed by atoms with E-state index in [9.17, 15) is 10.1 Å². The summed E-state index contributed by atoms with van der Waals surface area (Å²) in [6.07, 6.45) is 0. The van der Waals surface area contributed by atoms with Crippen molar-refractivity contribution in [1.82, 2.24) is 15.4 Å². The number of hydrogen-bond acceptors (Lipinski definition) is 5. The highest BCUT2D eigenvalue weighted by atomic mass is 16.6. The number of rotatable bonds is 2. The van der Waals surface area contributed by atoms with E-state index in [0.717, 1.165) is 0 Å². The van der Waals surface area contributed by atoms with E-state index in [4.69, 9.17) is 5.53 Å². The SMILES string of the molecule is NC(N)=[NH2+].[N-]=[N+]=Nc1n[n-]nc1[N+](=O)[O-]. The first-order valence-electron chi connectivity index (χ1n) is 3.18. The molecule has 1 heterocycles. The monoisotopic (exact) mass is 214 g/mol. The fourth-order valence-corrected chi connectivity index (χ4v) is 0.422. The van der Waals surface area contributed by atoms with E-state index in [2.05, 4.69) is 42.3 Å². The topological polar surface area (TPSA) is 209 Å². The molecule has 80 valence electrons. The lowest BCUT2D eigenvalue weighted by atomic mass is 10.7. The molecule has 6 N–H and O–H groups in total. The van der Waals surface area contributed by atoms with Crippen LogP contribution in [0.25, 0.3) is 10.4 Å². The minimum atomic E-state index is -0.829. The van der Waals surface area contributed by atoms with Gasteiger partial charge in [0.2, 0.25) is 5.82 Å². The summed E-state index contributed by atoms with van der Waals surface area (Å²) in [5, 5.41) is 26.6. The average molecular weight is 214 g/mol. The molecule has 0 saturated heterocycles. The molecule has 1 rings (SSSR count). The third-order valence-electron chi connectivity index (χ3n) is 0.791. The Kier molecular flexibility index (Phi) is 4.62. The van der Waals surface area contributed by atoms with E-state index >= 15 is 0 Å². The molecule has 1 aromatic rings. The quantitative estimate of drug-likeness (QED) is 0.0899. The van der Waals surface area contributed by atoms with Gasteiger partial charge in [-0.3, -0.25) is 16.9 Å². The zero-order valence-corrected chi connectivity index (χ0v) is 7.18. The van der Waals surface area contributed by atoms with Gasteiger partial charge in [0.15, 0.2) is 0 Å². The first-order valence-corrected chi connectivity index (χ1v) is 3.18. The Balaban J connectivity index is 0.000000423. The second kappa shape index (κ2) is 5.71. The molecule has 12 heteroatoms. The number of nitro groups is 1. The third-order valence-corrected chi connectivity index (χ3v) is 0.791. The van der Waals surface area contributed by atoms with Crippen LogP contribution in [-0.4, -0.2) is 21.1 Å². The molecule has 1 aromatic heterocycles. The molecule has 0 spiro atoms. The second-order valence-electron chi connectivity index (χ2n) is 1.88. The normalized spacial score (nSPS) is 8.00. The summed E-state index contributed by atoms with van der Waals surface area (Å²) in [7, 11) is 0. The minimum Gasteiger partial charge on any atom is -0.372 e. The van der Waals surface area contributed by atoms with Gasteiger partial charge in [0.25, 0.3) is 0 Å². The van der Waals surface area contributed by atoms with E-state index in [1.54, 1.807) is 0 Å². The fourth-order valence-electron chi connectivity index (χ4n) is 0.422. The number of nitrogens with zero attached hydrogens (tertiary/aromatic N) is 7. The van der Waals surface area contributed by atoms with E-state index < -0.39 is 16.6 Å². The number of hydrogen-bond donors (Lipinski definition) is 3. The van der Waals surface area contributed by atoms with Crippen LogP contribution >= 0.6 is 0 Å². The van der Waals surface area contributed by atoms with Gasteiger partial charge in [-0.15, -0.1) is 5.10 Å². The summed E-state index contributed by atoms with van der Waals surface area (Å²) < 4.78 is 0. The molecule has 0 aromatic carbocycles. The Morgan fingerprint density at radius 2 is 2.20 bits per heavy atom. The van der Waals surface area contributed by atoms with Crippen LogP contribution in [0, 0.1) is 10.1 Å². The van der Waals surface area contributed by atoms with Gasteiger partial charge in [0, 0.05) is 4.91 Å². The van der Waals surface area contributed by atoms with Crippen molar-refractivity contribution in [2.24, 2.45) is 16.6 Å². The summed E-state index contributed by atoms with van der Waals surface area (Å²) in [4.78, 5) is 11.5. The summed E-state index contributed by atoms with van der Waals surface area (Å²) >= 11 is 0. The molecular weight excluding hydrogens is 208 g/mol. The van der Waals surface area contributed by atoms with Gasteiger partial charge in [-0.1, -0.05) is 0 Å². The standard InChI is InChI=1S/C2N7O2.CH5N3/c3-7-4-1-2(9(10)11)6-8-5-1;2-1(3)4/h;(H5,2,3,4)/q-1;/p+1. The molecule has 12 nitrogen and oxygen atoms in total. The van der Waals surface area contributed by atoms with Crippen molar-refractivity contribution in [3.05, 3.63) is 20.6 Å². The molecule has 0 radical (unpaired) electrons. The van der Waals surface area contributed by atoms with Crippen LogP contribution in [0.1, 0.15) is 0 Å². The largest absolute Gasteiger partial charge is 0.376 e. The highest BCUT2D eigenvalue weighted by Crippen LogP contribution is 2.19. The Labute approximate surface area is 81.5 Å². The maximum atomic E-state index is 10.0. The molecule has 0 fully saturated rings. The van der Waals surface area contributed by atoms with Gasteiger partial charge in [-0.05, 0) is 15.6 Å². The number of azide groups is 1. The van der Waals surface area contributed by atoms with Gasteiger partial charge >= 0.3 is 11.8 Å². The van der Waals surface area contributed by atoms with E-state index in [0.29, 0.717) is 0 Å². The van der Waals surface area contributed by atoms with Crippen molar-refractivity contribution in [2.45, 2.75) is 0 Å². The third kappa shape index (κ3) is 4.64. The summed E-state index contributed by atoms with van der Waals surface area (Å²) in [6.45, 7) is 0. The van der Waals surface area contributed by atoms with Gasteiger partial charge in [0.1, 0.15) is 0 Å². The molecule has 15 heavy (non-hydrogen) atoms. The molecule has 0 atom stereocenters. The predicted octanol–water partition coefficient (Wildman–Crippen LogP) is -2.70.